The molecule has 3 rings (SSSR count). The standard InChI is InChI=1S/C18H30N4O2/c1-4-12(2)17-15-11-21(18(24)19-3)10-9-16(15)22(20-17)13-5-7-14(23)8-6-13/h12-14,23H,4-11H2,1-3H3,(H,19,24). The Balaban J connectivity index is 1.92. The molecule has 1 aliphatic heterocycles. The predicted octanol–water partition coefficient (Wildman–Crippen LogP) is 2.57. The molecule has 134 valence electrons. The van der Waals surface area contributed by atoms with Crippen LogP contribution in [0.15, 0.2) is 0 Å². The van der Waals surface area contributed by atoms with Crippen LogP contribution in [0.1, 0.15) is 74.9 Å². The molecule has 1 aromatic rings. The number of hydrogen-bond acceptors (Lipinski definition) is 3. The van der Waals surface area contributed by atoms with Gasteiger partial charge in [0.25, 0.3) is 0 Å². The molecular weight excluding hydrogens is 304 g/mol. The molecule has 1 saturated carbocycles. The highest BCUT2D eigenvalue weighted by molar-refractivity contribution is 5.74. The fourth-order valence-electron chi connectivity index (χ4n) is 4.00. The second kappa shape index (κ2) is 7.13. The lowest BCUT2D eigenvalue weighted by Crippen LogP contribution is -2.41. The average Bonchev–Trinajstić information content (AvgIpc) is 2.99. The first-order valence-corrected chi connectivity index (χ1v) is 9.30. The number of nitrogens with zero attached hydrogens (tertiary/aromatic N) is 3. The number of aliphatic hydroxyl groups is 1. The number of nitrogens with one attached hydrogen (secondary N) is 1. The Morgan fingerprint density at radius 3 is 2.71 bits per heavy atom. The summed E-state index contributed by atoms with van der Waals surface area (Å²) in [6.07, 6.45) is 5.48. The summed E-state index contributed by atoms with van der Waals surface area (Å²) in [6.45, 7) is 5.81. The van der Waals surface area contributed by atoms with Gasteiger partial charge in [-0.3, -0.25) is 4.68 Å². The monoisotopic (exact) mass is 334 g/mol. The van der Waals surface area contributed by atoms with E-state index in [0.29, 0.717) is 18.5 Å². The average molecular weight is 334 g/mol. The van der Waals surface area contributed by atoms with Gasteiger partial charge in [0, 0.05) is 37.2 Å². The lowest BCUT2D eigenvalue weighted by Gasteiger charge is -2.30. The minimum Gasteiger partial charge on any atom is -0.393 e. The van der Waals surface area contributed by atoms with Crippen molar-refractivity contribution in [2.75, 3.05) is 13.6 Å². The van der Waals surface area contributed by atoms with E-state index >= 15 is 0 Å². The maximum atomic E-state index is 12.0. The fourth-order valence-corrected chi connectivity index (χ4v) is 4.00. The van der Waals surface area contributed by atoms with Crippen molar-refractivity contribution >= 4 is 6.03 Å². The van der Waals surface area contributed by atoms with E-state index in [1.54, 1.807) is 7.05 Å². The molecule has 2 aliphatic rings. The first-order chi connectivity index (χ1) is 11.5. The molecule has 1 unspecified atom stereocenters. The molecule has 1 atom stereocenters. The number of hydrogen-bond donors (Lipinski definition) is 2. The molecule has 0 saturated heterocycles. The highest BCUT2D eigenvalue weighted by Crippen LogP contribution is 2.35. The van der Waals surface area contributed by atoms with Gasteiger partial charge in [0.1, 0.15) is 0 Å². The summed E-state index contributed by atoms with van der Waals surface area (Å²) < 4.78 is 2.24. The van der Waals surface area contributed by atoms with E-state index in [9.17, 15) is 9.90 Å². The van der Waals surface area contributed by atoms with Gasteiger partial charge in [-0.2, -0.15) is 5.10 Å². The van der Waals surface area contributed by atoms with Crippen LogP contribution in [0.5, 0.6) is 0 Å². The van der Waals surface area contributed by atoms with Crippen molar-refractivity contribution in [1.29, 1.82) is 0 Å². The second-order valence-corrected chi connectivity index (χ2v) is 7.25. The van der Waals surface area contributed by atoms with Crippen LogP contribution in [-0.2, 0) is 13.0 Å². The van der Waals surface area contributed by atoms with Gasteiger partial charge in [0.05, 0.1) is 24.4 Å². The third kappa shape index (κ3) is 3.16. The van der Waals surface area contributed by atoms with Crippen molar-refractivity contribution in [2.45, 2.75) is 77.0 Å². The van der Waals surface area contributed by atoms with Gasteiger partial charge < -0.3 is 15.3 Å². The zero-order chi connectivity index (χ0) is 17.3. The van der Waals surface area contributed by atoms with E-state index in [1.165, 1.54) is 11.3 Å². The van der Waals surface area contributed by atoms with E-state index in [-0.39, 0.29) is 12.1 Å². The minimum atomic E-state index is -0.148. The van der Waals surface area contributed by atoms with E-state index in [0.717, 1.165) is 50.8 Å². The lowest BCUT2D eigenvalue weighted by molar-refractivity contribution is 0.106. The summed E-state index contributed by atoms with van der Waals surface area (Å²) >= 11 is 0. The van der Waals surface area contributed by atoms with Crippen LogP contribution in [-0.4, -0.2) is 45.5 Å². The molecule has 2 N–H and O–H groups in total. The Morgan fingerprint density at radius 1 is 1.38 bits per heavy atom. The summed E-state index contributed by atoms with van der Waals surface area (Å²) in [4.78, 5) is 13.9. The number of carbonyl (C=O) groups excluding carboxylic acids is 1. The topological polar surface area (TPSA) is 70.4 Å². The summed E-state index contributed by atoms with van der Waals surface area (Å²) in [5.41, 5.74) is 3.73. The number of aliphatic hydroxyl groups excluding tert-OH is 1. The molecule has 0 aromatic carbocycles. The summed E-state index contributed by atoms with van der Waals surface area (Å²) in [6, 6.07) is 0.385. The van der Waals surface area contributed by atoms with Crippen molar-refractivity contribution in [1.82, 2.24) is 20.0 Å². The summed E-state index contributed by atoms with van der Waals surface area (Å²) in [7, 11) is 1.68. The number of urea groups is 1. The van der Waals surface area contributed by atoms with Gasteiger partial charge in [-0.15, -0.1) is 0 Å². The highest BCUT2D eigenvalue weighted by Gasteiger charge is 2.32. The van der Waals surface area contributed by atoms with Crippen LogP contribution in [0, 0.1) is 0 Å². The zero-order valence-electron chi connectivity index (χ0n) is 15.1. The molecule has 24 heavy (non-hydrogen) atoms. The maximum Gasteiger partial charge on any atom is 0.317 e. The number of fused-ring (bicyclic) bond motifs is 1. The Kier molecular flexibility index (Phi) is 5.13. The van der Waals surface area contributed by atoms with E-state index in [4.69, 9.17) is 5.10 Å². The Hall–Kier alpha value is -1.56. The van der Waals surface area contributed by atoms with E-state index in [1.807, 2.05) is 4.90 Å². The van der Waals surface area contributed by atoms with Crippen LogP contribution >= 0.6 is 0 Å². The summed E-state index contributed by atoms with van der Waals surface area (Å²) in [5, 5.41) is 17.5. The van der Waals surface area contributed by atoms with Crippen LogP contribution in [0.2, 0.25) is 0 Å². The van der Waals surface area contributed by atoms with Gasteiger partial charge >= 0.3 is 6.03 Å². The predicted molar refractivity (Wildman–Crippen MR) is 93.0 cm³/mol. The van der Waals surface area contributed by atoms with Gasteiger partial charge in [-0.25, -0.2) is 4.79 Å². The Bertz CT molecular complexity index is 590. The van der Waals surface area contributed by atoms with E-state index in [2.05, 4.69) is 23.8 Å². The maximum absolute atomic E-state index is 12.0. The number of rotatable bonds is 3. The molecule has 2 amide bonds. The third-order valence-electron chi connectivity index (χ3n) is 5.71. The molecule has 2 heterocycles. The molecule has 6 heteroatoms. The lowest BCUT2D eigenvalue weighted by atomic mass is 9.92. The fraction of sp³-hybridized carbons (Fsp3) is 0.778. The third-order valence-corrected chi connectivity index (χ3v) is 5.71. The first-order valence-electron chi connectivity index (χ1n) is 9.30. The zero-order valence-corrected chi connectivity index (χ0v) is 15.1. The molecule has 6 nitrogen and oxygen atoms in total. The van der Waals surface area contributed by atoms with Crippen LogP contribution < -0.4 is 5.32 Å². The highest BCUT2D eigenvalue weighted by atomic mass is 16.3. The first kappa shape index (κ1) is 17.3. The van der Waals surface area contributed by atoms with Gasteiger partial charge in [-0.05, 0) is 32.1 Å². The molecule has 1 aromatic heterocycles. The van der Waals surface area contributed by atoms with E-state index < -0.39 is 0 Å². The molecule has 0 radical (unpaired) electrons. The summed E-state index contributed by atoms with van der Waals surface area (Å²) in [5.74, 6) is 0.402. The number of carbonyl (C=O) groups is 1. The molecule has 1 fully saturated rings. The molecule has 0 spiro atoms. The minimum absolute atomic E-state index is 0.00992. The van der Waals surface area contributed by atoms with Crippen molar-refractivity contribution in [3.05, 3.63) is 17.0 Å². The quantitative estimate of drug-likeness (QED) is 0.892. The van der Waals surface area contributed by atoms with Crippen molar-refractivity contribution in [3.63, 3.8) is 0 Å². The molecule has 1 aliphatic carbocycles. The molecular formula is C18H30N4O2. The Morgan fingerprint density at radius 2 is 2.08 bits per heavy atom. The number of amides is 2. The van der Waals surface area contributed by atoms with Crippen LogP contribution in [0.25, 0.3) is 0 Å². The Labute approximate surface area is 144 Å². The van der Waals surface area contributed by atoms with Gasteiger partial charge in [0.2, 0.25) is 0 Å². The van der Waals surface area contributed by atoms with Crippen LogP contribution in [0.3, 0.4) is 0 Å². The molecule has 0 bridgehead atoms. The van der Waals surface area contributed by atoms with Gasteiger partial charge in [-0.1, -0.05) is 13.8 Å². The van der Waals surface area contributed by atoms with Crippen molar-refractivity contribution < 1.29 is 9.90 Å². The second-order valence-electron chi connectivity index (χ2n) is 7.25. The van der Waals surface area contributed by atoms with Crippen LogP contribution in [0.4, 0.5) is 4.79 Å². The SMILES string of the molecule is CCC(C)c1nn(C2CCC(O)CC2)c2c1CN(C(=O)NC)CC2. The van der Waals surface area contributed by atoms with Crippen molar-refractivity contribution in [3.8, 4) is 0 Å². The largest absolute Gasteiger partial charge is 0.393 e. The smallest absolute Gasteiger partial charge is 0.317 e. The van der Waals surface area contributed by atoms with Gasteiger partial charge in [0.15, 0.2) is 0 Å². The number of aromatic nitrogens is 2. The normalized spacial score (nSPS) is 25.2. The van der Waals surface area contributed by atoms with Crippen molar-refractivity contribution in [2.24, 2.45) is 0 Å².